The highest BCUT2D eigenvalue weighted by Crippen LogP contribution is 2.34. The first-order valence-electron chi connectivity index (χ1n) is 8.61. The van der Waals surface area contributed by atoms with Crippen LogP contribution in [0.2, 0.25) is 0 Å². The normalized spacial score (nSPS) is 16.0. The number of hydrogen-bond acceptors (Lipinski definition) is 7. The lowest BCUT2D eigenvalue weighted by molar-refractivity contribution is -0.384. The van der Waals surface area contributed by atoms with Crippen LogP contribution in [0.1, 0.15) is 33.6 Å². The molecule has 9 nitrogen and oxygen atoms in total. The quantitative estimate of drug-likeness (QED) is 0.610. The highest BCUT2D eigenvalue weighted by molar-refractivity contribution is 7.90. The predicted octanol–water partition coefficient (Wildman–Crippen LogP) is 2.49. The second kappa shape index (κ2) is 7.81. The van der Waals surface area contributed by atoms with Crippen LogP contribution in [-0.2, 0) is 14.6 Å². The van der Waals surface area contributed by atoms with E-state index in [1.165, 1.54) is 17.0 Å². The molecule has 0 unspecified atom stereocenters. The lowest BCUT2D eigenvalue weighted by Crippen LogP contribution is -2.48. The number of rotatable bonds is 4. The molecule has 0 aromatic heterocycles. The summed E-state index contributed by atoms with van der Waals surface area (Å²) in [4.78, 5) is 24.9. The van der Waals surface area contributed by atoms with Crippen molar-refractivity contribution in [3.05, 3.63) is 28.3 Å². The van der Waals surface area contributed by atoms with Gasteiger partial charge in [-0.3, -0.25) is 15.0 Å². The molecule has 1 aromatic rings. The van der Waals surface area contributed by atoms with Crippen LogP contribution in [0.4, 0.5) is 16.2 Å². The average molecular weight is 399 g/mol. The Labute approximate surface area is 158 Å². The summed E-state index contributed by atoms with van der Waals surface area (Å²) in [6.07, 6.45) is 1.49. The third kappa shape index (κ3) is 5.39. The minimum absolute atomic E-state index is 0.0357. The van der Waals surface area contributed by atoms with Crippen molar-refractivity contribution in [2.24, 2.45) is 0 Å². The van der Waals surface area contributed by atoms with Gasteiger partial charge in [0.1, 0.15) is 11.3 Å². The molecule has 1 aliphatic rings. The van der Waals surface area contributed by atoms with Crippen molar-refractivity contribution in [2.75, 3.05) is 24.2 Å². The van der Waals surface area contributed by atoms with Crippen LogP contribution < -0.4 is 10.2 Å². The zero-order chi connectivity index (χ0) is 20.4. The Morgan fingerprint density at radius 3 is 2.37 bits per heavy atom. The number of nitrogens with one attached hydrogen (secondary N) is 1. The number of anilines is 1. The molecule has 0 bridgehead atoms. The maximum atomic E-state index is 12.9. The molecule has 1 fully saturated rings. The number of nitro benzene ring substituents is 1. The molecule has 0 atom stereocenters. The summed E-state index contributed by atoms with van der Waals surface area (Å²) >= 11 is 0. The Morgan fingerprint density at radius 2 is 1.89 bits per heavy atom. The van der Waals surface area contributed by atoms with Crippen molar-refractivity contribution in [3.63, 3.8) is 0 Å². The Hall–Kier alpha value is -2.20. The topological polar surface area (TPSA) is 119 Å². The number of nitrogens with zero attached hydrogens (tertiary/aromatic N) is 2. The molecule has 0 radical (unpaired) electrons. The minimum atomic E-state index is -3.62. The molecule has 1 aromatic carbocycles. The van der Waals surface area contributed by atoms with Crippen molar-refractivity contribution >= 4 is 27.3 Å². The van der Waals surface area contributed by atoms with Gasteiger partial charge in [-0.2, -0.15) is 0 Å². The SMILES string of the molecule is CC(C)(C)OC(=O)N(c1ccc(S(C)(=O)=O)cc1[N+](=O)[O-])C1CCNCC1. The van der Waals surface area contributed by atoms with Crippen molar-refractivity contribution < 1.29 is 22.9 Å². The van der Waals surface area contributed by atoms with Crippen LogP contribution in [0.5, 0.6) is 0 Å². The maximum Gasteiger partial charge on any atom is 0.415 e. The van der Waals surface area contributed by atoms with Crippen molar-refractivity contribution in [2.45, 2.75) is 50.2 Å². The third-order valence-electron chi connectivity index (χ3n) is 4.10. The van der Waals surface area contributed by atoms with Gasteiger partial charge < -0.3 is 10.1 Å². The zero-order valence-electron chi connectivity index (χ0n) is 15.9. The van der Waals surface area contributed by atoms with Gasteiger partial charge in [0.25, 0.3) is 5.69 Å². The Morgan fingerprint density at radius 1 is 1.30 bits per heavy atom. The largest absolute Gasteiger partial charge is 0.443 e. The van der Waals surface area contributed by atoms with Crippen LogP contribution in [0.25, 0.3) is 0 Å². The number of benzene rings is 1. The number of carbonyl (C=O) groups is 1. The minimum Gasteiger partial charge on any atom is -0.443 e. The Kier molecular flexibility index (Phi) is 6.10. The lowest BCUT2D eigenvalue weighted by Gasteiger charge is -2.35. The van der Waals surface area contributed by atoms with Gasteiger partial charge in [0.15, 0.2) is 9.84 Å². The van der Waals surface area contributed by atoms with E-state index >= 15 is 0 Å². The van der Waals surface area contributed by atoms with Crippen LogP contribution >= 0.6 is 0 Å². The van der Waals surface area contributed by atoms with Gasteiger partial charge in [-0.05, 0) is 58.8 Å². The highest BCUT2D eigenvalue weighted by atomic mass is 32.2. The summed E-state index contributed by atoms with van der Waals surface area (Å²) < 4.78 is 29.0. The number of sulfone groups is 1. The number of nitro groups is 1. The molecule has 1 heterocycles. The molecule has 0 aliphatic carbocycles. The van der Waals surface area contributed by atoms with Gasteiger partial charge in [0, 0.05) is 18.4 Å². The second-order valence-corrected chi connectivity index (χ2v) is 9.53. The first kappa shape index (κ1) is 21.1. The van der Waals surface area contributed by atoms with Crippen LogP contribution in [-0.4, -0.2) is 50.4 Å². The lowest BCUT2D eigenvalue weighted by atomic mass is 10.0. The zero-order valence-corrected chi connectivity index (χ0v) is 16.7. The third-order valence-corrected chi connectivity index (χ3v) is 5.21. The summed E-state index contributed by atoms with van der Waals surface area (Å²) in [5.74, 6) is 0. The molecule has 150 valence electrons. The van der Waals surface area contributed by atoms with Crippen LogP contribution in [0, 0.1) is 10.1 Å². The molecular formula is C17H25N3O6S. The molecule has 1 saturated heterocycles. The van der Waals surface area contributed by atoms with Crippen molar-refractivity contribution in [1.82, 2.24) is 5.32 Å². The van der Waals surface area contributed by atoms with Gasteiger partial charge in [-0.1, -0.05) is 0 Å². The number of hydrogen-bond donors (Lipinski definition) is 1. The van der Waals surface area contributed by atoms with Crippen molar-refractivity contribution in [3.8, 4) is 0 Å². The van der Waals surface area contributed by atoms with Gasteiger partial charge in [-0.15, -0.1) is 0 Å². The van der Waals surface area contributed by atoms with E-state index in [9.17, 15) is 23.3 Å². The van der Waals surface area contributed by atoms with E-state index in [1.54, 1.807) is 20.8 Å². The van der Waals surface area contributed by atoms with E-state index in [-0.39, 0.29) is 16.6 Å². The van der Waals surface area contributed by atoms with E-state index in [0.717, 1.165) is 12.3 Å². The number of amides is 1. The fourth-order valence-corrected chi connectivity index (χ4v) is 3.54. The summed E-state index contributed by atoms with van der Waals surface area (Å²) in [5, 5.41) is 14.8. The Bertz CT molecular complexity index is 826. The van der Waals surface area contributed by atoms with E-state index < -0.39 is 32.1 Å². The van der Waals surface area contributed by atoms with Crippen molar-refractivity contribution in [1.29, 1.82) is 0 Å². The summed E-state index contributed by atoms with van der Waals surface area (Å²) in [6.45, 7) is 6.48. The summed E-state index contributed by atoms with van der Waals surface area (Å²) in [7, 11) is -3.62. The van der Waals surface area contributed by atoms with Crippen LogP contribution in [0.3, 0.4) is 0 Å². The average Bonchev–Trinajstić information content (AvgIpc) is 2.53. The molecule has 1 amide bonds. The van der Waals surface area contributed by atoms with Gasteiger partial charge >= 0.3 is 6.09 Å². The molecular weight excluding hydrogens is 374 g/mol. The molecule has 1 aliphatic heterocycles. The maximum absolute atomic E-state index is 12.9. The smallest absolute Gasteiger partial charge is 0.415 e. The number of piperidine rings is 1. The summed E-state index contributed by atoms with van der Waals surface area (Å²) in [5.41, 5.74) is -1.18. The van der Waals surface area contributed by atoms with Crippen LogP contribution in [0.15, 0.2) is 23.1 Å². The predicted molar refractivity (Wildman–Crippen MR) is 101 cm³/mol. The Balaban J connectivity index is 2.57. The van der Waals surface area contributed by atoms with E-state index in [2.05, 4.69) is 5.32 Å². The molecule has 0 saturated carbocycles. The molecule has 2 rings (SSSR count). The second-order valence-electron chi connectivity index (χ2n) is 7.51. The first-order chi connectivity index (χ1) is 12.4. The molecule has 1 N–H and O–H groups in total. The fourth-order valence-electron chi connectivity index (χ4n) is 2.90. The molecule has 10 heteroatoms. The molecule has 27 heavy (non-hydrogen) atoms. The van der Waals surface area contributed by atoms with Gasteiger partial charge in [-0.25, -0.2) is 13.2 Å². The molecule has 0 spiro atoms. The number of carbonyl (C=O) groups excluding carboxylic acids is 1. The highest BCUT2D eigenvalue weighted by Gasteiger charge is 2.35. The van der Waals surface area contributed by atoms with E-state index in [0.29, 0.717) is 25.9 Å². The number of ether oxygens (including phenoxy) is 1. The first-order valence-corrected chi connectivity index (χ1v) is 10.5. The fraction of sp³-hybridized carbons (Fsp3) is 0.588. The standard InChI is InChI=1S/C17H25N3O6S/c1-17(2,3)26-16(21)19(12-7-9-18-10-8-12)14-6-5-13(27(4,24)25)11-15(14)20(22)23/h5-6,11-12,18H,7-10H2,1-4H3. The van der Waals surface area contributed by atoms with E-state index in [1.807, 2.05) is 0 Å². The van der Waals surface area contributed by atoms with E-state index in [4.69, 9.17) is 4.74 Å². The monoisotopic (exact) mass is 399 g/mol. The van der Waals surface area contributed by atoms with Gasteiger partial charge in [0.2, 0.25) is 0 Å². The van der Waals surface area contributed by atoms with Gasteiger partial charge in [0.05, 0.1) is 9.82 Å². The summed E-state index contributed by atoms with van der Waals surface area (Å²) in [6, 6.07) is 3.28.